The molecule has 0 saturated carbocycles. The van der Waals surface area contributed by atoms with E-state index in [1.54, 1.807) is 30.3 Å². The van der Waals surface area contributed by atoms with Crippen molar-refractivity contribution in [3.05, 3.63) is 60.3 Å². The second-order valence-electron chi connectivity index (χ2n) is 4.98. The number of allylic oxidation sites excluding steroid dienone is 1. The summed E-state index contributed by atoms with van der Waals surface area (Å²) in [7, 11) is -3.72. The molecule has 0 spiro atoms. The lowest BCUT2D eigenvalue weighted by molar-refractivity contribution is 0.104. The van der Waals surface area contributed by atoms with Gasteiger partial charge in [0.05, 0.1) is 4.90 Å². The number of nitrogens with one attached hydrogen (secondary N) is 1. The number of rotatable bonds is 5. The minimum atomic E-state index is -3.72. The Balaban J connectivity index is 1.64. The quantitative estimate of drug-likeness (QED) is 0.632. The Bertz CT molecular complexity index is 905. The van der Waals surface area contributed by atoms with Crippen LogP contribution >= 0.6 is 0 Å². The fourth-order valence-electron chi connectivity index (χ4n) is 2.10. The Morgan fingerprint density at radius 1 is 1.08 bits per heavy atom. The molecule has 0 fully saturated rings. The molecule has 8 heteroatoms. The highest BCUT2D eigenvalue weighted by Crippen LogP contribution is 2.32. The third-order valence-corrected chi connectivity index (χ3v) is 4.25. The van der Waals surface area contributed by atoms with Crippen LogP contribution in [0.1, 0.15) is 10.4 Å². The number of sulfonamides is 1. The number of ketones is 1. The first-order valence-electron chi connectivity index (χ1n) is 6.93. The first-order chi connectivity index (χ1) is 11.4. The lowest BCUT2D eigenvalue weighted by atomic mass is 10.1. The molecule has 0 radical (unpaired) electrons. The smallest absolute Gasteiger partial charge is 0.238 e. The molecule has 0 bridgehead atoms. The molecule has 3 N–H and O–H groups in total. The zero-order chi connectivity index (χ0) is 17.2. The number of hydrogen-bond acceptors (Lipinski definition) is 6. The average molecular weight is 346 g/mol. The molecule has 1 aliphatic heterocycles. The third kappa shape index (κ3) is 3.55. The molecule has 0 atom stereocenters. The van der Waals surface area contributed by atoms with Gasteiger partial charge < -0.3 is 14.8 Å². The number of benzene rings is 2. The van der Waals surface area contributed by atoms with E-state index in [2.05, 4.69) is 5.32 Å². The topological polar surface area (TPSA) is 108 Å². The van der Waals surface area contributed by atoms with E-state index in [1.807, 2.05) is 0 Å². The molecule has 3 rings (SSSR count). The van der Waals surface area contributed by atoms with Crippen LogP contribution in [0.2, 0.25) is 0 Å². The van der Waals surface area contributed by atoms with Gasteiger partial charge in [0.1, 0.15) is 0 Å². The summed E-state index contributed by atoms with van der Waals surface area (Å²) in [4.78, 5) is 12.1. The number of primary sulfonamides is 1. The van der Waals surface area contributed by atoms with Gasteiger partial charge in [-0.25, -0.2) is 13.6 Å². The van der Waals surface area contributed by atoms with Crippen molar-refractivity contribution >= 4 is 21.5 Å². The van der Waals surface area contributed by atoms with E-state index in [-0.39, 0.29) is 17.5 Å². The molecule has 24 heavy (non-hydrogen) atoms. The zero-order valence-electron chi connectivity index (χ0n) is 12.4. The SMILES string of the molecule is NS(=O)(=O)c1ccc(N/C=C/C(=O)c2ccc3c(c2)OCO3)cc1. The molecule has 0 unspecified atom stereocenters. The molecule has 2 aromatic rings. The van der Waals surface area contributed by atoms with E-state index in [0.717, 1.165) is 0 Å². The normalized spacial score (nSPS) is 13.2. The van der Waals surface area contributed by atoms with Crippen molar-refractivity contribution in [3.63, 3.8) is 0 Å². The van der Waals surface area contributed by atoms with Crippen LogP contribution in [-0.2, 0) is 10.0 Å². The van der Waals surface area contributed by atoms with Gasteiger partial charge in [-0.1, -0.05) is 0 Å². The summed E-state index contributed by atoms with van der Waals surface area (Å²) in [5, 5.41) is 7.91. The van der Waals surface area contributed by atoms with Crippen LogP contribution in [0.15, 0.2) is 59.6 Å². The van der Waals surface area contributed by atoms with Gasteiger partial charge in [-0.15, -0.1) is 0 Å². The molecular formula is C16H14N2O5S. The van der Waals surface area contributed by atoms with Gasteiger partial charge in [0.15, 0.2) is 17.3 Å². The molecule has 124 valence electrons. The minimum Gasteiger partial charge on any atom is -0.454 e. The lowest BCUT2D eigenvalue weighted by Gasteiger charge is -2.02. The fourth-order valence-corrected chi connectivity index (χ4v) is 2.62. The zero-order valence-corrected chi connectivity index (χ0v) is 13.2. The first-order valence-corrected chi connectivity index (χ1v) is 8.48. The largest absolute Gasteiger partial charge is 0.454 e. The summed E-state index contributed by atoms with van der Waals surface area (Å²) in [6.07, 6.45) is 2.84. The number of hydrogen-bond donors (Lipinski definition) is 2. The van der Waals surface area contributed by atoms with Crippen LogP contribution in [0.5, 0.6) is 11.5 Å². The number of carbonyl (C=O) groups is 1. The number of fused-ring (bicyclic) bond motifs is 1. The summed E-state index contributed by atoms with van der Waals surface area (Å²) in [6.45, 7) is 0.152. The van der Waals surface area contributed by atoms with Crippen molar-refractivity contribution in [2.75, 3.05) is 12.1 Å². The highest BCUT2D eigenvalue weighted by molar-refractivity contribution is 7.89. The maximum absolute atomic E-state index is 12.1. The van der Waals surface area contributed by atoms with Gasteiger partial charge in [-0.2, -0.15) is 0 Å². The maximum atomic E-state index is 12.1. The van der Waals surface area contributed by atoms with E-state index in [0.29, 0.717) is 22.7 Å². The Hall–Kier alpha value is -2.84. The van der Waals surface area contributed by atoms with Crippen LogP contribution in [0.3, 0.4) is 0 Å². The molecular weight excluding hydrogens is 332 g/mol. The van der Waals surface area contributed by atoms with E-state index in [4.69, 9.17) is 14.6 Å². The van der Waals surface area contributed by atoms with Gasteiger partial charge in [0.2, 0.25) is 16.8 Å². The Kier molecular flexibility index (Phi) is 4.24. The van der Waals surface area contributed by atoms with Gasteiger partial charge >= 0.3 is 0 Å². The van der Waals surface area contributed by atoms with E-state index in [9.17, 15) is 13.2 Å². The van der Waals surface area contributed by atoms with Crippen LogP contribution in [0.25, 0.3) is 0 Å². The van der Waals surface area contributed by atoms with Crippen molar-refractivity contribution in [2.45, 2.75) is 4.90 Å². The van der Waals surface area contributed by atoms with Crippen LogP contribution in [0, 0.1) is 0 Å². The molecule has 0 amide bonds. The van der Waals surface area contributed by atoms with Crippen LogP contribution in [-0.4, -0.2) is 21.0 Å². The molecule has 0 saturated heterocycles. The van der Waals surface area contributed by atoms with Gasteiger partial charge in [-0.05, 0) is 42.5 Å². The number of nitrogens with two attached hydrogens (primary N) is 1. The summed E-state index contributed by atoms with van der Waals surface area (Å²) in [5.74, 6) is 0.950. The minimum absolute atomic E-state index is 0.0217. The third-order valence-electron chi connectivity index (χ3n) is 3.32. The molecule has 7 nitrogen and oxygen atoms in total. The number of anilines is 1. The highest BCUT2D eigenvalue weighted by Gasteiger charge is 2.15. The summed E-state index contributed by atoms with van der Waals surface area (Å²) >= 11 is 0. The van der Waals surface area contributed by atoms with E-state index in [1.165, 1.54) is 24.4 Å². The van der Waals surface area contributed by atoms with Crippen molar-refractivity contribution < 1.29 is 22.7 Å². The Morgan fingerprint density at radius 2 is 1.79 bits per heavy atom. The highest BCUT2D eigenvalue weighted by atomic mass is 32.2. The van der Waals surface area contributed by atoms with Crippen molar-refractivity contribution in [2.24, 2.45) is 5.14 Å². The summed E-state index contributed by atoms with van der Waals surface area (Å²) in [5.41, 5.74) is 1.10. The molecule has 1 heterocycles. The standard InChI is InChI=1S/C16H14N2O5S/c17-24(20,21)13-4-2-12(3-5-13)18-8-7-14(19)11-1-6-15-16(9-11)23-10-22-15/h1-9,18H,10H2,(H2,17,20,21)/b8-7+. The van der Waals surface area contributed by atoms with Crippen molar-refractivity contribution in [1.29, 1.82) is 0 Å². The van der Waals surface area contributed by atoms with Crippen LogP contribution in [0.4, 0.5) is 5.69 Å². The fraction of sp³-hybridized carbons (Fsp3) is 0.0625. The molecule has 0 aliphatic carbocycles. The van der Waals surface area contributed by atoms with Crippen LogP contribution < -0.4 is 19.9 Å². The summed E-state index contributed by atoms with van der Waals surface area (Å²) < 4.78 is 32.7. The number of ether oxygens (including phenoxy) is 2. The Labute approximate surface area is 138 Å². The first kappa shape index (κ1) is 16.0. The van der Waals surface area contributed by atoms with Gasteiger partial charge in [0, 0.05) is 23.5 Å². The maximum Gasteiger partial charge on any atom is 0.238 e. The van der Waals surface area contributed by atoms with E-state index < -0.39 is 10.0 Å². The van der Waals surface area contributed by atoms with Gasteiger partial charge in [-0.3, -0.25) is 4.79 Å². The summed E-state index contributed by atoms with van der Waals surface area (Å²) in [6, 6.07) is 10.8. The van der Waals surface area contributed by atoms with Crippen molar-refractivity contribution in [1.82, 2.24) is 0 Å². The second kappa shape index (κ2) is 6.34. The predicted octanol–water partition coefficient (Wildman–Crippen LogP) is 1.87. The molecule has 2 aromatic carbocycles. The monoisotopic (exact) mass is 346 g/mol. The van der Waals surface area contributed by atoms with Gasteiger partial charge in [0.25, 0.3) is 0 Å². The Morgan fingerprint density at radius 3 is 2.50 bits per heavy atom. The van der Waals surface area contributed by atoms with E-state index >= 15 is 0 Å². The number of carbonyl (C=O) groups excluding carboxylic acids is 1. The molecule has 1 aliphatic rings. The lowest BCUT2D eigenvalue weighted by Crippen LogP contribution is -2.11. The second-order valence-corrected chi connectivity index (χ2v) is 6.54. The molecule has 0 aromatic heterocycles. The van der Waals surface area contributed by atoms with Crippen molar-refractivity contribution in [3.8, 4) is 11.5 Å². The average Bonchev–Trinajstić information content (AvgIpc) is 3.02. The predicted molar refractivity (Wildman–Crippen MR) is 87.5 cm³/mol.